The zero-order chi connectivity index (χ0) is 28.6. The van der Waals surface area contributed by atoms with Gasteiger partial charge >= 0.3 is 0 Å². The van der Waals surface area contributed by atoms with Crippen molar-refractivity contribution < 1.29 is 19.3 Å². The van der Waals surface area contributed by atoms with Crippen molar-refractivity contribution in [3.8, 4) is 11.5 Å². The van der Waals surface area contributed by atoms with E-state index in [9.17, 15) is 5.11 Å². The lowest BCUT2D eigenvalue weighted by atomic mass is 9.72. The molecule has 5 rings (SSSR count). The van der Waals surface area contributed by atoms with Crippen LogP contribution < -0.4 is 4.74 Å². The van der Waals surface area contributed by atoms with Gasteiger partial charge in [-0.2, -0.15) is 0 Å². The zero-order valence-corrected chi connectivity index (χ0v) is 25.1. The highest BCUT2D eigenvalue weighted by Crippen LogP contribution is 2.38. The first kappa shape index (κ1) is 29.7. The summed E-state index contributed by atoms with van der Waals surface area (Å²) in [6.07, 6.45) is 12.4. The molecule has 2 aromatic carbocycles. The number of aromatic hydroxyl groups is 1. The summed E-state index contributed by atoms with van der Waals surface area (Å²) in [4.78, 5) is 4.95. The number of aryl methyl sites for hydroxylation is 1. The van der Waals surface area contributed by atoms with Gasteiger partial charge in [-0.05, 0) is 117 Å². The van der Waals surface area contributed by atoms with Crippen LogP contribution in [-0.4, -0.2) is 74.6 Å². The smallest absolute Gasteiger partial charge is 0.119 e. The van der Waals surface area contributed by atoms with Crippen molar-refractivity contribution in [2.24, 2.45) is 17.8 Å². The Morgan fingerprint density at radius 3 is 2.59 bits per heavy atom. The molecule has 0 radical (unpaired) electrons. The molecule has 0 amide bonds. The first-order valence-corrected chi connectivity index (χ1v) is 15.5. The van der Waals surface area contributed by atoms with Crippen LogP contribution in [0.5, 0.6) is 11.5 Å². The highest BCUT2D eigenvalue weighted by Gasteiger charge is 2.34. The first-order chi connectivity index (χ1) is 20.0. The fourth-order valence-electron chi connectivity index (χ4n) is 6.81. The van der Waals surface area contributed by atoms with Crippen LogP contribution in [0.1, 0.15) is 42.9 Å². The Bertz CT molecular complexity index is 1170. The molecule has 222 valence electrons. The van der Waals surface area contributed by atoms with E-state index in [0.717, 1.165) is 76.1 Å². The van der Waals surface area contributed by atoms with Crippen molar-refractivity contribution in [3.63, 3.8) is 0 Å². The molecule has 0 aromatic heterocycles. The summed E-state index contributed by atoms with van der Waals surface area (Å²) in [5.74, 6) is 3.96. The van der Waals surface area contributed by atoms with Gasteiger partial charge in [-0.15, -0.1) is 0 Å². The number of allylic oxidation sites excluding steroid dienone is 1. The second-order valence-corrected chi connectivity index (χ2v) is 12.0. The van der Waals surface area contributed by atoms with Crippen LogP contribution in [0.25, 0.3) is 0 Å². The van der Waals surface area contributed by atoms with Crippen LogP contribution in [0.15, 0.2) is 66.5 Å². The minimum absolute atomic E-state index is 0.269. The number of hydrogen-bond acceptors (Lipinski definition) is 6. The van der Waals surface area contributed by atoms with E-state index in [1.165, 1.54) is 29.5 Å². The average Bonchev–Trinajstić information content (AvgIpc) is 3.00. The number of rotatable bonds is 12. The SMILES string of the molecule is CCN(Cc1ccc(OCCN(C)CC2CCOCC2)cc1)C1C=C(OC)C=CC1[C@@H]1CCc2cc(O)ccc2C1. The summed E-state index contributed by atoms with van der Waals surface area (Å²) in [5.41, 5.74) is 3.97. The molecule has 1 aliphatic heterocycles. The molecule has 2 unspecified atom stereocenters. The molecule has 0 spiro atoms. The van der Waals surface area contributed by atoms with Gasteiger partial charge in [-0.1, -0.05) is 31.2 Å². The van der Waals surface area contributed by atoms with Gasteiger partial charge in [0.05, 0.1) is 7.11 Å². The Morgan fingerprint density at radius 1 is 1.02 bits per heavy atom. The highest BCUT2D eigenvalue weighted by molar-refractivity contribution is 5.37. The van der Waals surface area contributed by atoms with Gasteiger partial charge in [0.25, 0.3) is 0 Å². The predicted octanol–water partition coefficient (Wildman–Crippen LogP) is 5.84. The minimum atomic E-state index is 0.269. The number of likely N-dealkylation sites (N-methyl/N-ethyl adjacent to an activating group) is 2. The molecule has 1 saturated heterocycles. The van der Waals surface area contributed by atoms with Crippen molar-refractivity contribution in [2.45, 2.75) is 51.6 Å². The molecular formula is C35H48N2O4. The Labute approximate surface area is 246 Å². The number of nitrogens with zero attached hydrogens (tertiary/aromatic N) is 2. The van der Waals surface area contributed by atoms with Gasteiger partial charge in [0.2, 0.25) is 0 Å². The minimum Gasteiger partial charge on any atom is -0.508 e. The standard InChI is InChI=1S/C35H48N2O4/c1-4-37(25-26-5-11-32(12-6-26)41-20-17-36(2)24-27-15-18-40-19-16-27)35-23-33(39-3)13-14-34(35)30-8-7-29-22-31(38)10-9-28(29)21-30/h5-6,9-14,22-23,27,30,34-35,38H,4,7-8,15-21,24-25H2,1-3H3/t30-,34?,35?/m1/s1. The number of phenols is 1. The largest absolute Gasteiger partial charge is 0.508 e. The third-order valence-electron chi connectivity index (χ3n) is 9.24. The van der Waals surface area contributed by atoms with Gasteiger partial charge in [0.1, 0.15) is 23.9 Å². The number of benzene rings is 2. The van der Waals surface area contributed by atoms with Crippen molar-refractivity contribution in [3.05, 3.63) is 83.1 Å². The molecule has 6 heteroatoms. The van der Waals surface area contributed by atoms with Crippen LogP contribution in [0.3, 0.4) is 0 Å². The van der Waals surface area contributed by atoms with E-state index in [4.69, 9.17) is 14.2 Å². The van der Waals surface area contributed by atoms with Crippen LogP contribution in [0.4, 0.5) is 0 Å². The van der Waals surface area contributed by atoms with Crippen LogP contribution in [-0.2, 0) is 28.9 Å². The number of fused-ring (bicyclic) bond motifs is 1. The lowest BCUT2D eigenvalue weighted by Crippen LogP contribution is -2.43. The topological polar surface area (TPSA) is 54.4 Å². The number of methoxy groups -OCH3 is 1. The molecule has 2 aromatic rings. The molecule has 41 heavy (non-hydrogen) atoms. The van der Waals surface area contributed by atoms with Crippen molar-refractivity contribution in [1.29, 1.82) is 0 Å². The Kier molecular flexibility index (Phi) is 10.4. The molecule has 3 aliphatic rings. The molecule has 1 fully saturated rings. The average molecular weight is 561 g/mol. The van der Waals surface area contributed by atoms with E-state index < -0.39 is 0 Å². The maximum atomic E-state index is 9.93. The Morgan fingerprint density at radius 2 is 1.83 bits per heavy atom. The molecule has 6 nitrogen and oxygen atoms in total. The van der Waals surface area contributed by atoms with Crippen LogP contribution in [0.2, 0.25) is 0 Å². The lowest BCUT2D eigenvalue weighted by Gasteiger charge is -2.41. The fourth-order valence-corrected chi connectivity index (χ4v) is 6.81. The Balaban J connectivity index is 1.17. The third kappa shape index (κ3) is 7.94. The third-order valence-corrected chi connectivity index (χ3v) is 9.24. The first-order valence-electron chi connectivity index (χ1n) is 15.5. The van der Waals surface area contributed by atoms with Crippen molar-refractivity contribution in [2.75, 3.05) is 53.6 Å². The second kappa shape index (κ2) is 14.4. The van der Waals surface area contributed by atoms with E-state index in [0.29, 0.717) is 24.2 Å². The predicted molar refractivity (Wildman–Crippen MR) is 164 cm³/mol. The number of hydrogen-bond donors (Lipinski definition) is 1. The molecule has 1 N–H and O–H groups in total. The molecule has 2 aliphatic carbocycles. The summed E-state index contributed by atoms with van der Waals surface area (Å²) in [6, 6.07) is 14.8. The maximum absolute atomic E-state index is 9.93. The number of phenolic OH excluding ortho intramolecular Hbond substituents is 1. The van der Waals surface area contributed by atoms with Gasteiger partial charge in [-0.25, -0.2) is 0 Å². The van der Waals surface area contributed by atoms with Gasteiger partial charge in [0.15, 0.2) is 0 Å². The summed E-state index contributed by atoms with van der Waals surface area (Å²) >= 11 is 0. The molecule has 0 saturated carbocycles. The summed E-state index contributed by atoms with van der Waals surface area (Å²) in [6.45, 7) is 8.64. The summed E-state index contributed by atoms with van der Waals surface area (Å²) in [7, 11) is 3.95. The van der Waals surface area contributed by atoms with Crippen LogP contribution >= 0.6 is 0 Å². The van der Waals surface area contributed by atoms with E-state index >= 15 is 0 Å². The summed E-state index contributed by atoms with van der Waals surface area (Å²) in [5, 5.41) is 9.93. The number of ether oxygens (including phenoxy) is 3. The van der Waals surface area contributed by atoms with E-state index in [2.05, 4.69) is 72.3 Å². The zero-order valence-electron chi connectivity index (χ0n) is 25.1. The van der Waals surface area contributed by atoms with E-state index in [-0.39, 0.29) is 6.04 Å². The molecule has 3 atom stereocenters. The molecule has 0 bridgehead atoms. The monoisotopic (exact) mass is 560 g/mol. The van der Waals surface area contributed by atoms with Crippen molar-refractivity contribution >= 4 is 0 Å². The normalized spacial score (nSPS) is 23.0. The van der Waals surface area contributed by atoms with Gasteiger partial charge < -0.3 is 24.2 Å². The van der Waals surface area contributed by atoms with E-state index in [1.807, 2.05) is 12.1 Å². The van der Waals surface area contributed by atoms with E-state index in [1.54, 1.807) is 7.11 Å². The second-order valence-electron chi connectivity index (χ2n) is 12.0. The Hall–Kier alpha value is -2.80. The summed E-state index contributed by atoms with van der Waals surface area (Å²) < 4.78 is 17.3. The van der Waals surface area contributed by atoms with Gasteiger partial charge in [0, 0.05) is 38.9 Å². The fraction of sp³-hybridized carbons (Fsp3) is 0.543. The maximum Gasteiger partial charge on any atom is 0.119 e. The highest BCUT2D eigenvalue weighted by atomic mass is 16.5. The molecule has 1 heterocycles. The lowest BCUT2D eigenvalue weighted by molar-refractivity contribution is 0.0543. The van der Waals surface area contributed by atoms with Crippen LogP contribution in [0, 0.1) is 17.8 Å². The quantitative estimate of drug-likeness (QED) is 0.352. The van der Waals surface area contributed by atoms with Gasteiger partial charge in [-0.3, -0.25) is 4.90 Å². The van der Waals surface area contributed by atoms with Crippen molar-refractivity contribution in [1.82, 2.24) is 9.80 Å². The molecular weight excluding hydrogens is 512 g/mol.